The molecule has 2 atom stereocenters. The van der Waals surface area contributed by atoms with Crippen molar-refractivity contribution in [2.24, 2.45) is 0 Å². The van der Waals surface area contributed by atoms with Gasteiger partial charge >= 0.3 is 12.1 Å². The smallest absolute Gasteiger partial charge is 0.407 e. The zero-order valence-corrected chi connectivity index (χ0v) is 18.8. The molecule has 1 unspecified atom stereocenters. The number of carbonyl (C=O) groups is 3. The Morgan fingerprint density at radius 2 is 1.59 bits per heavy atom. The molecule has 0 radical (unpaired) electrons. The Balaban J connectivity index is 1.45. The number of benzene rings is 2. The van der Waals surface area contributed by atoms with E-state index in [1.807, 2.05) is 36.4 Å². The summed E-state index contributed by atoms with van der Waals surface area (Å²) in [5.41, 5.74) is 5.14. The van der Waals surface area contributed by atoms with E-state index in [-0.39, 0.29) is 25.4 Å². The van der Waals surface area contributed by atoms with Crippen molar-refractivity contribution < 1.29 is 24.2 Å². The molecule has 0 fully saturated rings. The fourth-order valence-electron chi connectivity index (χ4n) is 4.32. The van der Waals surface area contributed by atoms with Crippen molar-refractivity contribution in [3.8, 4) is 11.1 Å². The summed E-state index contributed by atoms with van der Waals surface area (Å²) in [6.07, 6.45) is 1.36. The molecule has 8 nitrogen and oxygen atoms in total. The predicted octanol–water partition coefficient (Wildman–Crippen LogP) is 3.44. The number of carboxylic acids is 1. The number of fused-ring (bicyclic) bond motifs is 3. The molecule has 1 aliphatic carbocycles. The standard InChI is InChI=1S/C26H27N3O5/c1-2-22(25(31)32)28-24(30)23(14-16-8-7-13-27-16)29-26(33)34-15-21-19-11-5-3-9-17(19)18-10-4-6-12-20(18)21/h3-13,21-23,27H,2,14-15H2,1H3,(H,28,30)(H,29,33)(H,31,32)/t22-,23?/m0/s1. The summed E-state index contributed by atoms with van der Waals surface area (Å²) in [4.78, 5) is 39.9. The number of amides is 2. The first-order chi connectivity index (χ1) is 16.5. The van der Waals surface area contributed by atoms with Crippen LogP contribution in [0.15, 0.2) is 66.9 Å². The fraction of sp³-hybridized carbons (Fsp3) is 0.269. The van der Waals surface area contributed by atoms with E-state index in [1.54, 1.807) is 25.3 Å². The van der Waals surface area contributed by atoms with Crippen LogP contribution in [0.1, 0.15) is 36.1 Å². The minimum atomic E-state index is -1.13. The molecular weight excluding hydrogens is 434 g/mol. The van der Waals surface area contributed by atoms with Crippen molar-refractivity contribution in [2.45, 2.75) is 37.8 Å². The van der Waals surface area contributed by atoms with Crippen LogP contribution >= 0.6 is 0 Å². The van der Waals surface area contributed by atoms with Gasteiger partial charge in [-0.1, -0.05) is 55.5 Å². The highest BCUT2D eigenvalue weighted by Gasteiger charge is 2.30. The molecule has 1 aromatic heterocycles. The van der Waals surface area contributed by atoms with Gasteiger partial charge in [-0.05, 0) is 40.8 Å². The number of carbonyl (C=O) groups excluding carboxylic acids is 2. The van der Waals surface area contributed by atoms with Crippen LogP contribution in [-0.4, -0.2) is 46.8 Å². The maximum Gasteiger partial charge on any atom is 0.407 e. The van der Waals surface area contributed by atoms with Crippen molar-refractivity contribution in [1.29, 1.82) is 0 Å². The molecule has 0 saturated carbocycles. The van der Waals surface area contributed by atoms with E-state index in [2.05, 4.69) is 27.8 Å². The Morgan fingerprint density at radius 3 is 2.15 bits per heavy atom. The molecule has 0 saturated heterocycles. The second-order valence-corrected chi connectivity index (χ2v) is 8.23. The summed E-state index contributed by atoms with van der Waals surface area (Å²) in [7, 11) is 0. The Labute approximate surface area is 197 Å². The minimum Gasteiger partial charge on any atom is -0.480 e. The van der Waals surface area contributed by atoms with Gasteiger partial charge in [-0.3, -0.25) is 4.79 Å². The van der Waals surface area contributed by atoms with Gasteiger partial charge in [-0.15, -0.1) is 0 Å². The minimum absolute atomic E-state index is 0.106. The third kappa shape index (κ3) is 4.96. The van der Waals surface area contributed by atoms with E-state index in [9.17, 15) is 19.5 Å². The Morgan fingerprint density at radius 1 is 0.941 bits per heavy atom. The van der Waals surface area contributed by atoms with E-state index in [0.29, 0.717) is 0 Å². The van der Waals surface area contributed by atoms with Gasteiger partial charge in [0.15, 0.2) is 0 Å². The van der Waals surface area contributed by atoms with Crippen LogP contribution in [0.5, 0.6) is 0 Å². The molecule has 3 aromatic rings. The molecule has 4 rings (SSSR count). The van der Waals surface area contributed by atoms with Gasteiger partial charge in [0.05, 0.1) is 0 Å². The molecule has 34 heavy (non-hydrogen) atoms. The number of hydrogen-bond acceptors (Lipinski definition) is 4. The van der Waals surface area contributed by atoms with Crippen LogP contribution in [0.2, 0.25) is 0 Å². The van der Waals surface area contributed by atoms with E-state index >= 15 is 0 Å². The van der Waals surface area contributed by atoms with Gasteiger partial charge in [-0.25, -0.2) is 9.59 Å². The van der Waals surface area contributed by atoms with E-state index in [1.165, 1.54) is 0 Å². The molecular formula is C26H27N3O5. The lowest BCUT2D eigenvalue weighted by atomic mass is 9.98. The molecule has 0 spiro atoms. The maximum atomic E-state index is 12.8. The number of aliphatic carboxylic acids is 1. The lowest BCUT2D eigenvalue weighted by Crippen LogP contribution is -2.52. The maximum absolute atomic E-state index is 12.8. The molecule has 2 amide bonds. The zero-order chi connectivity index (χ0) is 24.1. The second-order valence-electron chi connectivity index (χ2n) is 8.23. The van der Waals surface area contributed by atoms with Crippen molar-refractivity contribution in [3.05, 3.63) is 83.7 Å². The second kappa shape index (κ2) is 10.2. The van der Waals surface area contributed by atoms with Crippen molar-refractivity contribution >= 4 is 18.0 Å². The van der Waals surface area contributed by atoms with Crippen LogP contribution in [0.3, 0.4) is 0 Å². The number of aromatic nitrogens is 1. The van der Waals surface area contributed by atoms with Crippen molar-refractivity contribution in [2.75, 3.05) is 6.61 Å². The Bertz CT molecular complexity index is 1130. The summed E-state index contributed by atoms with van der Waals surface area (Å²) >= 11 is 0. The largest absolute Gasteiger partial charge is 0.480 e. The quantitative estimate of drug-likeness (QED) is 0.389. The summed E-state index contributed by atoms with van der Waals surface area (Å²) in [5, 5.41) is 14.4. The molecule has 0 aliphatic heterocycles. The molecule has 0 bridgehead atoms. The van der Waals surface area contributed by atoms with Gasteiger partial charge < -0.3 is 25.5 Å². The first-order valence-electron chi connectivity index (χ1n) is 11.2. The summed E-state index contributed by atoms with van der Waals surface area (Å²) in [6, 6.07) is 17.6. The molecule has 2 aromatic carbocycles. The van der Waals surface area contributed by atoms with Crippen LogP contribution in [0.25, 0.3) is 11.1 Å². The third-order valence-corrected chi connectivity index (χ3v) is 6.06. The SMILES string of the molecule is CC[C@H](NC(=O)C(Cc1ccc[nH]1)NC(=O)OCC1c2ccccc2-c2ccccc21)C(=O)O. The van der Waals surface area contributed by atoms with E-state index in [0.717, 1.165) is 27.9 Å². The highest BCUT2D eigenvalue weighted by molar-refractivity contribution is 5.89. The van der Waals surface area contributed by atoms with Gasteiger partial charge in [-0.2, -0.15) is 0 Å². The summed E-state index contributed by atoms with van der Waals surface area (Å²) in [6.45, 7) is 1.78. The van der Waals surface area contributed by atoms with Gasteiger partial charge in [0, 0.05) is 24.2 Å². The lowest BCUT2D eigenvalue weighted by Gasteiger charge is -2.21. The monoisotopic (exact) mass is 461 g/mol. The number of hydrogen-bond donors (Lipinski definition) is 4. The average molecular weight is 462 g/mol. The van der Waals surface area contributed by atoms with Crippen molar-refractivity contribution in [3.63, 3.8) is 0 Å². The normalized spacial score (nSPS) is 13.9. The summed E-state index contributed by atoms with van der Waals surface area (Å²) in [5.74, 6) is -1.82. The fourth-order valence-corrected chi connectivity index (χ4v) is 4.32. The van der Waals surface area contributed by atoms with Crippen LogP contribution in [-0.2, 0) is 20.7 Å². The lowest BCUT2D eigenvalue weighted by molar-refractivity contribution is -0.142. The first-order valence-corrected chi connectivity index (χ1v) is 11.2. The van der Waals surface area contributed by atoms with Crippen LogP contribution < -0.4 is 10.6 Å². The molecule has 8 heteroatoms. The predicted molar refractivity (Wildman–Crippen MR) is 126 cm³/mol. The number of aromatic amines is 1. The average Bonchev–Trinajstić information content (AvgIpc) is 3.46. The molecule has 4 N–H and O–H groups in total. The number of rotatable bonds is 9. The Hall–Kier alpha value is -4.07. The molecule has 1 heterocycles. The van der Waals surface area contributed by atoms with Gasteiger partial charge in [0.1, 0.15) is 18.7 Å². The van der Waals surface area contributed by atoms with Crippen LogP contribution in [0.4, 0.5) is 4.79 Å². The zero-order valence-electron chi connectivity index (χ0n) is 18.8. The third-order valence-electron chi connectivity index (χ3n) is 6.06. The number of nitrogens with one attached hydrogen (secondary N) is 3. The van der Waals surface area contributed by atoms with Gasteiger partial charge in [0.2, 0.25) is 5.91 Å². The topological polar surface area (TPSA) is 121 Å². The number of carboxylic acid groups (broad SMARTS) is 1. The molecule has 1 aliphatic rings. The number of alkyl carbamates (subject to hydrolysis) is 1. The highest BCUT2D eigenvalue weighted by atomic mass is 16.5. The van der Waals surface area contributed by atoms with E-state index < -0.39 is 30.1 Å². The van der Waals surface area contributed by atoms with Crippen molar-refractivity contribution in [1.82, 2.24) is 15.6 Å². The van der Waals surface area contributed by atoms with E-state index in [4.69, 9.17) is 4.74 Å². The Kier molecular flexibility index (Phi) is 6.96. The first kappa shape index (κ1) is 23.1. The highest BCUT2D eigenvalue weighted by Crippen LogP contribution is 2.44. The van der Waals surface area contributed by atoms with Gasteiger partial charge in [0.25, 0.3) is 0 Å². The number of ether oxygens (including phenoxy) is 1. The molecule has 176 valence electrons. The van der Waals surface area contributed by atoms with Crippen LogP contribution in [0, 0.1) is 0 Å². The number of H-pyrrole nitrogens is 1. The summed E-state index contributed by atoms with van der Waals surface area (Å²) < 4.78 is 5.56.